The Morgan fingerprint density at radius 3 is 2.26 bits per heavy atom. The van der Waals surface area contributed by atoms with Crippen molar-refractivity contribution in [2.24, 2.45) is 5.73 Å². The molecule has 2 amide bonds. The SMILES string of the molecule is C=CC(=O)N(CCCCCCN)C(=O)OC(C)(C)C. The van der Waals surface area contributed by atoms with Gasteiger partial charge in [0, 0.05) is 6.54 Å². The van der Waals surface area contributed by atoms with Crippen molar-refractivity contribution in [2.75, 3.05) is 13.1 Å². The van der Waals surface area contributed by atoms with E-state index in [1.807, 2.05) is 0 Å². The second-order valence-electron chi connectivity index (χ2n) is 5.38. The van der Waals surface area contributed by atoms with Gasteiger partial charge >= 0.3 is 6.09 Å². The van der Waals surface area contributed by atoms with E-state index in [0.717, 1.165) is 36.7 Å². The molecule has 0 aromatic rings. The average Bonchev–Trinajstić information content (AvgIpc) is 2.30. The van der Waals surface area contributed by atoms with Crippen molar-refractivity contribution in [3.05, 3.63) is 12.7 Å². The smallest absolute Gasteiger partial charge is 0.417 e. The van der Waals surface area contributed by atoms with Gasteiger partial charge in [-0.3, -0.25) is 4.79 Å². The number of imide groups is 1. The van der Waals surface area contributed by atoms with E-state index in [4.69, 9.17) is 10.5 Å². The van der Waals surface area contributed by atoms with Gasteiger partial charge in [-0.05, 0) is 46.2 Å². The van der Waals surface area contributed by atoms with Crippen LogP contribution < -0.4 is 5.73 Å². The molecule has 0 fully saturated rings. The summed E-state index contributed by atoms with van der Waals surface area (Å²) in [6.45, 7) is 9.72. The molecule has 0 aliphatic rings. The highest BCUT2D eigenvalue weighted by Crippen LogP contribution is 2.11. The molecule has 0 saturated heterocycles. The number of ether oxygens (including phenoxy) is 1. The summed E-state index contributed by atoms with van der Waals surface area (Å²) in [7, 11) is 0. The van der Waals surface area contributed by atoms with Crippen LogP contribution in [-0.4, -0.2) is 35.6 Å². The van der Waals surface area contributed by atoms with E-state index in [1.165, 1.54) is 0 Å². The van der Waals surface area contributed by atoms with Crippen LogP contribution in [0.15, 0.2) is 12.7 Å². The highest BCUT2D eigenvalue weighted by atomic mass is 16.6. The maximum absolute atomic E-state index is 11.9. The molecule has 5 heteroatoms. The number of amides is 2. The fourth-order valence-electron chi connectivity index (χ4n) is 1.49. The Morgan fingerprint density at radius 2 is 1.79 bits per heavy atom. The molecule has 0 aromatic carbocycles. The van der Waals surface area contributed by atoms with Crippen molar-refractivity contribution < 1.29 is 14.3 Å². The molecule has 0 saturated carbocycles. The van der Waals surface area contributed by atoms with E-state index in [1.54, 1.807) is 20.8 Å². The third-order valence-electron chi connectivity index (χ3n) is 2.39. The Kier molecular flexibility index (Phi) is 8.07. The number of unbranched alkanes of at least 4 members (excludes halogenated alkanes) is 3. The summed E-state index contributed by atoms with van der Waals surface area (Å²) in [6.07, 6.45) is 4.16. The van der Waals surface area contributed by atoms with Crippen LogP contribution in [0.5, 0.6) is 0 Å². The van der Waals surface area contributed by atoms with Gasteiger partial charge in [-0.1, -0.05) is 19.4 Å². The van der Waals surface area contributed by atoms with Crippen molar-refractivity contribution >= 4 is 12.0 Å². The second kappa shape index (κ2) is 8.69. The molecule has 0 atom stereocenters. The zero-order valence-corrected chi connectivity index (χ0v) is 12.3. The number of carbonyl (C=O) groups is 2. The monoisotopic (exact) mass is 270 g/mol. The van der Waals surface area contributed by atoms with Crippen molar-refractivity contribution in [3.63, 3.8) is 0 Å². The highest BCUT2D eigenvalue weighted by molar-refractivity contribution is 5.98. The van der Waals surface area contributed by atoms with E-state index in [9.17, 15) is 9.59 Å². The third-order valence-corrected chi connectivity index (χ3v) is 2.39. The molecule has 0 radical (unpaired) electrons. The summed E-state index contributed by atoms with van der Waals surface area (Å²) in [6, 6.07) is 0. The lowest BCUT2D eigenvalue weighted by molar-refractivity contribution is -0.125. The normalized spacial score (nSPS) is 10.9. The van der Waals surface area contributed by atoms with E-state index in [2.05, 4.69) is 6.58 Å². The number of rotatable bonds is 7. The first-order valence-corrected chi connectivity index (χ1v) is 6.69. The largest absolute Gasteiger partial charge is 0.443 e. The topological polar surface area (TPSA) is 72.6 Å². The molecule has 0 aliphatic heterocycles. The number of carbonyl (C=O) groups excluding carboxylic acids is 2. The molecular weight excluding hydrogens is 244 g/mol. The number of nitrogens with zero attached hydrogens (tertiary/aromatic N) is 1. The summed E-state index contributed by atoms with van der Waals surface area (Å²) in [5.74, 6) is -0.423. The van der Waals surface area contributed by atoms with E-state index in [-0.39, 0.29) is 0 Å². The Morgan fingerprint density at radius 1 is 1.21 bits per heavy atom. The summed E-state index contributed by atoms with van der Waals surface area (Å²) >= 11 is 0. The van der Waals surface area contributed by atoms with Crippen molar-refractivity contribution in [1.82, 2.24) is 4.90 Å². The predicted octanol–water partition coefficient (Wildman–Crippen LogP) is 2.46. The molecule has 2 N–H and O–H groups in total. The van der Waals surface area contributed by atoms with Gasteiger partial charge in [-0.2, -0.15) is 0 Å². The molecule has 0 unspecified atom stereocenters. The van der Waals surface area contributed by atoms with Crippen molar-refractivity contribution in [2.45, 2.75) is 52.1 Å². The van der Waals surface area contributed by atoms with E-state index < -0.39 is 17.6 Å². The summed E-state index contributed by atoms with van der Waals surface area (Å²) < 4.78 is 5.20. The standard InChI is InChI=1S/C14H26N2O3/c1-5-12(17)16(11-9-7-6-8-10-15)13(18)19-14(2,3)4/h5H,1,6-11,15H2,2-4H3. The minimum absolute atomic E-state index is 0.352. The van der Waals surface area contributed by atoms with Gasteiger partial charge in [0.2, 0.25) is 0 Å². The van der Waals surface area contributed by atoms with Crippen LogP contribution in [0.3, 0.4) is 0 Å². The van der Waals surface area contributed by atoms with Crippen molar-refractivity contribution in [1.29, 1.82) is 0 Å². The zero-order valence-electron chi connectivity index (χ0n) is 12.3. The first-order chi connectivity index (χ1) is 8.81. The van der Waals surface area contributed by atoms with Gasteiger partial charge in [0.05, 0.1) is 0 Å². The first kappa shape index (κ1) is 17.6. The molecule has 0 heterocycles. The maximum Gasteiger partial charge on any atom is 0.417 e. The highest BCUT2D eigenvalue weighted by Gasteiger charge is 2.25. The average molecular weight is 270 g/mol. The van der Waals surface area contributed by atoms with Gasteiger partial charge in [-0.25, -0.2) is 9.69 Å². The van der Waals surface area contributed by atoms with Crippen LogP contribution >= 0.6 is 0 Å². The third kappa shape index (κ3) is 8.37. The van der Waals surface area contributed by atoms with Gasteiger partial charge < -0.3 is 10.5 Å². The van der Waals surface area contributed by atoms with Gasteiger partial charge in [0.15, 0.2) is 0 Å². The molecule has 5 nitrogen and oxygen atoms in total. The Balaban J connectivity index is 4.35. The van der Waals surface area contributed by atoms with Crippen LogP contribution in [0, 0.1) is 0 Å². The second-order valence-corrected chi connectivity index (χ2v) is 5.38. The Bertz CT molecular complexity index is 308. The lowest BCUT2D eigenvalue weighted by atomic mass is 10.2. The summed E-state index contributed by atoms with van der Waals surface area (Å²) in [4.78, 5) is 24.6. The molecule has 0 aliphatic carbocycles. The van der Waals surface area contributed by atoms with E-state index in [0.29, 0.717) is 13.1 Å². The van der Waals surface area contributed by atoms with Crippen LogP contribution in [0.4, 0.5) is 4.79 Å². The quantitative estimate of drug-likeness (QED) is 0.569. The summed E-state index contributed by atoms with van der Waals surface area (Å²) in [5.41, 5.74) is 4.79. The minimum atomic E-state index is -0.615. The zero-order chi connectivity index (χ0) is 14.9. The molecule has 110 valence electrons. The first-order valence-electron chi connectivity index (χ1n) is 6.69. The molecule has 0 rings (SSSR count). The lowest BCUT2D eigenvalue weighted by Crippen LogP contribution is -2.40. The molecule has 0 spiro atoms. The molecule has 0 bridgehead atoms. The Labute approximate surface area is 115 Å². The molecular formula is C14H26N2O3. The number of hydrogen-bond donors (Lipinski definition) is 1. The number of hydrogen-bond acceptors (Lipinski definition) is 4. The van der Waals surface area contributed by atoms with Crippen LogP contribution in [0.25, 0.3) is 0 Å². The van der Waals surface area contributed by atoms with Gasteiger partial charge in [0.25, 0.3) is 5.91 Å². The van der Waals surface area contributed by atoms with Crippen LogP contribution in [0.1, 0.15) is 46.5 Å². The lowest BCUT2D eigenvalue weighted by Gasteiger charge is -2.25. The van der Waals surface area contributed by atoms with Gasteiger partial charge in [-0.15, -0.1) is 0 Å². The van der Waals surface area contributed by atoms with Crippen molar-refractivity contribution in [3.8, 4) is 0 Å². The summed E-state index contributed by atoms with van der Waals surface area (Å²) in [5, 5.41) is 0. The van der Waals surface area contributed by atoms with Crippen LogP contribution in [0.2, 0.25) is 0 Å². The van der Waals surface area contributed by atoms with Crippen LogP contribution in [-0.2, 0) is 9.53 Å². The number of nitrogens with two attached hydrogens (primary N) is 1. The fraction of sp³-hybridized carbons (Fsp3) is 0.714. The molecule has 0 aromatic heterocycles. The van der Waals surface area contributed by atoms with E-state index >= 15 is 0 Å². The predicted molar refractivity (Wildman–Crippen MR) is 75.7 cm³/mol. The van der Waals surface area contributed by atoms with Gasteiger partial charge in [0.1, 0.15) is 5.60 Å². The fourth-order valence-corrected chi connectivity index (χ4v) is 1.49. The minimum Gasteiger partial charge on any atom is -0.443 e. The maximum atomic E-state index is 11.9. The molecule has 19 heavy (non-hydrogen) atoms. The Hall–Kier alpha value is -1.36.